The molecular weight excluding hydrogens is 428 g/mol. The van der Waals surface area contributed by atoms with Gasteiger partial charge in [-0.05, 0) is 38.5 Å². The largest absolute Gasteiger partial charge is 0.463 e. The number of allylic oxidation sites excluding steroid dienone is 5. The van der Waals surface area contributed by atoms with Crippen molar-refractivity contribution in [3.05, 3.63) is 108 Å². The van der Waals surface area contributed by atoms with E-state index >= 15 is 0 Å². The van der Waals surface area contributed by atoms with Crippen LogP contribution in [0, 0.1) is 0 Å². The maximum absolute atomic E-state index is 13.0. The first-order valence-electron chi connectivity index (χ1n) is 10.9. The van der Waals surface area contributed by atoms with Gasteiger partial charge in [-0.2, -0.15) is 0 Å². The predicted molar refractivity (Wildman–Crippen MR) is 139 cm³/mol. The van der Waals surface area contributed by atoms with Gasteiger partial charge >= 0.3 is 5.97 Å². The van der Waals surface area contributed by atoms with Crippen LogP contribution in [0.4, 0.5) is 0 Å². The van der Waals surface area contributed by atoms with E-state index in [9.17, 15) is 10.0 Å². The van der Waals surface area contributed by atoms with Crippen LogP contribution in [0.2, 0.25) is 0 Å². The van der Waals surface area contributed by atoms with Crippen molar-refractivity contribution >= 4 is 11.8 Å². The number of aliphatic imine (C=N–C) groups is 1. The number of hydrogen-bond acceptors (Lipinski definition) is 6. The number of carbonyl (C=O) groups is 1. The molecule has 0 spiro atoms. The minimum Gasteiger partial charge on any atom is -0.463 e. The van der Waals surface area contributed by atoms with Gasteiger partial charge in [0.05, 0.1) is 18.1 Å². The molecule has 3 N–H and O–H groups in total. The van der Waals surface area contributed by atoms with Gasteiger partial charge in [-0.3, -0.25) is 15.7 Å². The Bertz CT molecular complexity index is 1000. The van der Waals surface area contributed by atoms with E-state index in [-0.39, 0.29) is 12.4 Å². The van der Waals surface area contributed by atoms with Crippen LogP contribution in [0.15, 0.2) is 108 Å². The zero-order chi connectivity index (χ0) is 25.7. The molecule has 1 aliphatic heterocycles. The topological polar surface area (TPSA) is 86.2 Å². The molecule has 1 aliphatic rings. The van der Waals surface area contributed by atoms with Gasteiger partial charge in [-0.15, -0.1) is 13.2 Å². The number of amidine groups is 1. The predicted octanol–water partition coefficient (Wildman–Crippen LogP) is 4.81. The molecule has 1 aromatic rings. The van der Waals surface area contributed by atoms with Crippen molar-refractivity contribution in [3.63, 3.8) is 0 Å². The molecule has 1 aromatic carbocycles. The number of nitrogens with one attached hydrogen (secondary N) is 2. The summed E-state index contributed by atoms with van der Waals surface area (Å²) in [5, 5.41) is 13.3. The number of benzene rings is 1. The quantitative estimate of drug-likeness (QED) is 0.128. The SMILES string of the molecule is C=C.C=C/C=C(\C=C/C)N(C)C1=C(C(=NC)NO)C(c2ccccc2)C(C(=O)OCC)=C(C)N1. The van der Waals surface area contributed by atoms with Gasteiger partial charge in [0.15, 0.2) is 5.84 Å². The first kappa shape index (κ1) is 28.2. The van der Waals surface area contributed by atoms with E-state index in [4.69, 9.17) is 4.74 Å². The van der Waals surface area contributed by atoms with Crippen LogP contribution < -0.4 is 10.8 Å². The lowest BCUT2D eigenvalue weighted by atomic mass is 9.80. The van der Waals surface area contributed by atoms with Gasteiger partial charge in [-0.25, -0.2) is 4.79 Å². The van der Waals surface area contributed by atoms with Crippen molar-refractivity contribution in [2.45, 2.75) is 26.7 Å². The molecule has 7 nitrogen and oxygen atoms in total. The minimum absolute atomic E-state index is 0.237. The molecule has 7 heteroatoms. The Hall–Kier alpha value is -3.84. The van der Waals surface area contributed by atoms with Crippen molar-refractivity contribution in [2.24, 2.45) is 4.99 Å². The van der Waals surface area contributed by atoms with E-state index in [0.717, 1.165) is 11.3 Å². The molecule has 1 atom stereocenters. The highest BCUT2D eigenvalue weighted by atomic mass is 16.5. The average Bonchev–Trinajstić information content (AvgIpc) is 2.86. The smallest absolute Gasteiger partial charge is 0.336 e. The first-order chi connectivity index (χ1) is 16.4. The zero-order valence-corrected chi connectivity index (χ0v) is 20.8. The van der Waals surface area contributed by atoms with E-state index in [2.05, 4.69) is 35.5 Å². The number of ether oxygens (including phenoxy) is 1. The zero-order valence-electron chi connectivity index (χ0n) is 20.8. The molecule has 1 unspecified atom stereocenters. The Morgan fingerprint density at radius 1 is 1.29 bits per heavy atom. The van der Waals surface area contributed by atoms with Crippen LogP contribution in [0.25, 0.3) is 0 Å². The van der Waals surface area contributed by atoms with Crippen LogP contribution in [0.3, 0.4) is 0 Å². The van der Waals surface area contributed by atoms with Gasteiger partial charge in [0.25, 0.3) is 0 Å². The number of hydroxylamine groups is 1. The summed E-state index contributed by atoms with van der Waals surface area (Å²) in [5.74, 6) is -0.0455. The Labute approximate surface area is 203 Å². The normalized spacial score (nSPS) is 16.5. The number of likely N-dealkylation sites (N-methyl/N-ethyl adjacent to an activating group) is 1. The van der Waals surface area contributed by atoms with Gasteiger partial charge in [0.2, 0.25) is 0 Å². The summed E-state index contributed by atoms with van der Waals surface area (Å²) in [4.78, 5) is 19.2. The van der Waals surface area contributed by atoms with Crippen molar-refractivity contribution in [1.29, 1.82) is 0 Å². The van der Waals surface area contributed by atoms with Crippen LogP contribution in [0.1, 0.15) is 32.3 Å². The molecule has 0 fully saturated rings. The number of nitrogens with zero attached hydrogens (tertiary/aromatic N) is 2. The third-order valence-corrected chi connectivity index (χ3v) is 5.10. The molecule has 0 saturated carbocycles. The van der Waals surface area contributed by atoms with E-state index in [1.807, 2.05) is 74.4 Å². The number of carbonyl (C=O) groups excluding carboxylic acids is 1. The van der Waals surface area contributed by atoms with Gasteiger partial charge in [0, 0.05) is 31.1 Å². The first-order valence-corrected chi connectivity index (χ1v) is 10.9. The van der Waals surface area contributed by atoms with Crippen LogP contribution in [0.5, 0.6) is 0 Å². The fourth-order valence-corrected chi connectivity index (χ4v) is 3.71. The van der Waals surface area contributed by atoms with Crippen LogP contribution >= 0.6 is 0 Å². The third-order valence-electron chi connectivity index (χ3n) is 5.10. The summed E-state index contributed by atoms with van der Waals surface area (Å²) >= 11 is 0. The fourth-order valence-electron chi connectivity index (χ4n) is 3.71. The number of hydrogen-bond donors (Lipinski definition) is 3. The summed E-state index contributed by atoms with van der Waals surface area (Å²) in [7, 11) is 3.47. The highest BCUT2D eigenvalue weighted by Gasteiger charge is 2.38. The van der Waals surface area contributed by atoms with Crippen molar-refractivity contribution in [3.8, 4) is 0 Å². The Balaban J connectivity index is 0.00000281. The summed E-state index contributed by atoms with van der Waals surface area (Å²) in [6, 6.07) is 9.62. The summed E-state index contributed by atoms with van der Waals surface area (Å²) in [5.41, 5.74) is 5.66. The van der Waals surface area contributed by atoms with Gasteiger partial charge in [0.1, 0.15) is 5.82 Å². The lowest BCUT2D eigenvalue weighted by Crippen LogP contribution is -2.41. The van der Waals surface area contributed by atoms with Crippen LogP contribution in [-0.4, -0.2) is 42.6 Å². The van der Waals surface area contributed by atoms with Gasteiger partial charge < -0.3 is 15.0 Å². The lowest BCUT2D eigenvalue weighted by Gasteiger charge is -2.36. The number of rotatable bonds is 8. The standard InChI is InChI=1S/C25H32N4O3.C2H4/c1-7-13-19(14-8-2)29(6)24-22(23(26-5)28-31)21(18-15-11-10-12-16-18)20(17(4)27-24)25(30)32-9-3;1-2/h7-8,10-16,21,27,31H,1,9H2,2-6H3,(H,26,28);1-2H2/b14-8-,19-13+;. The molecule has 0 saturated heterocycles. The van der Waals surface area contributed by atoms with E-state index in [1.54, 1.807) is 20.0 Å². The summed E-state index contributed by atoms with van der Waals surface area (Å²) in [6.07, 6.45) is 7.45. The molecule has 0 amide bonds. The van der Waals surface area contributed by atoms with Crippen molar-refractivity contribution in [1.82, 2.24) is 15.7 Å². The van der Waals surface area contributed by atoms with Crippen LogP contribution in [-0.2, 0) is 9.53 Å². The van der Waals surface area contributed by atoms with Crippen molar-refractivity contribution in [2.75, 3.05) is 20.7 Å². The Morgan fingerprint density at radius 2 is 1.94 bits per heavy atom. The fraction of sp³-hybridized carbons (Fsp3) is 0.259. The molecule has 0 aromatic heterocycles. The Kier molecular flexibility index (Phi) is 11.9. The van der Waals surface area contributed by atoms with Crippen molar-refractivity contribution < 1.29 is 14.7 Å². The summed E-state index contributed by atoms with van der Waals surface area (Å²) < 4.78 is 5.39. The highest BCUT2D eigenvalue weighted by molar-refractivity contribution is 6.04. The van der Waals surface area contributed by atoms with E-state index in [0.29, 0.717) is 22.7 Å². The molecule has 2 rings (SSSR count). The summed E-state index contributed by atoms with van der Waals surface area (Å²) in [6.45, 7) is 15.6. The number of esters is 1. The third kappa shape index (κ3) is 6.36. The number of dihydropyridines is 1. The molecule has 34 heavy (non-hydrogen) atoms. The monoisotopic (exact) mass is 464 g/mol. The second kappa shape index (κ2) is 14.3. The lowest BCUT2D eigenvalue weighted by molar-refractivity contribution is -0.138. The molecular formula is C27H36N4O3. The molecule has 0 radical (unpaired) electrons. The molecule has 0 aliphatic carbocycles. The van der Waals surface area contributed by atoms with E-state index < -0.39 is 11.9 Å². The average molecular weight is 465 g/mol. The molecule has 0 bridgehead atoms. The van der Waals surface area contributed by atoms with E-state index in [1.165, 1.54) is 0 Å². The molecule has 1 heterocycles. The maximum Gasteiger partial charge on any atom is 0.336 e. The maximum atomic E-state index is 13.0. The second-order valence-corrected chi connectivity index (χ2v) is 7.06. The Morgan fingerprint density at radius 3 is 2.44 bits per heavy atom. The van der Waals surface area contributed by atoms with Gasteiger partial charge in [-0.1, -0.05) is 49.1 Å². The second-order valence-electron chi connectivity index (χ2n) is 7.06. The molecule has 182 valence electrons. The minimum atomic E-state index is -0.525. The highest BCUT2D eigenvalue weighted by Crippen LogP contribution is 2.40.